The SMILES string of the molecule is CC1(c2nc(-c3cccc(Cl)c3)no2)CCNC1. The fraction of sp³-hybridized carbons (Fsp3) is 0.385. The molecule has 1 saturated heterocycles. The molecule has 94 valence electrons. The van der Waals surface area contributed by atoms with Crippen molar-refractivity contribution in [2.45, 2.75) is 18.8 Å². The van der Waals surface area contributed by atoms with E-state index in [1.807, 2.05) is 24.3 Å². The maximum atomic E-state index is 5.96. The van der Waals surface area contributed by atoms with E-state index in [9.17, 15) is 0 Å². The smallest absolute Gasteiger partial charge is 0.234 e. The number of nitrogens with zero attached hydrogens (tertiary/aromatic N) is 2. The van der Waals surface area contributed by atoms with Crippen molar-refractivity contribution in [3.8, 4) is 11.4 Å². The van der Waals surface area contributed by atoms with Crippen LogP contribution >= 0.6 is 11.6 Å². The summed E-state index contributed by atoms with van der Waals surface area (Å²) < 4.78 is 5.40. The fourth-order valence-electron chi connectivity index (χ4n) is 2.21. The standard InChI is InChI=1S/C13H14ClN3O/c1-13(5-6-15-8-13)12-16-11(17-18-12)9-3-2-4-10(14)7-9/h2-4,7,15H,5-6,8H2,1H3. The molecular formula is C13H14ClN3O. The molecule has 3 rings (SSSR count). The van der Waals surface area contributed by atoms with Crippen molar-refractivity contribution in [3.05, 3.63) is 35.2 Å². The van der Waals surface area contributed by atoms with E-state index < -0.39 is 0 Å². The van der Waals surface area contributed by atoms with Gasteiger partial charge in [-0.15, -0.1) is 0 Å². The molecule has 1 atom stereocenters. The third-order valence-corrected chi connectivity index (χ3v) is 3.63. The van der Waals surface area contributed by atoms with Crippen molar-refractivity contribution >= 4 is 11.6 Å². The molecule has 1 fully saturated rings. The fourth-order valence-corrected chi connectivity index (χ4v) is 2.40. The summed E-state index contributed by atoms with van der Waals surface area (Å²) in [5.74, 6) is 1.29. The minimum atomic E-state index is -0.0518. The van der Waals surface area contributed by atoms with Crippen molar-refractivity contribution in [1.82, 2.24) is 15.5 Å². The molecule has 18 heavy (non-hydrogen) atoms. The monoisotopic (exact) mass is 263 g/mol. The van der Waals surface area contributed by atoms with Crippen LogP contribution in [0.4, 0.5) is 0 Å². The highest BCUT2D eigenvalue weighted by Crippen LogP contribution is 2.30. The maximum Gasteiger partial charge on any atom is 0.234 e. The Bertz CT molecular complexity index is 561. The largest absolute Gasteiger partial charge is 0.338 e. The van der Waals surface area contributed by atoms with Crippen LogP contribution in [-0.4, -0.2) is 23.2 Å². The first-order valence-electron chi connectivity index (χ1n) is 5.98. The van der Waals surface area contributed by atoms with Crippen LogP contribution in [0.25, 0.3) is 11.4 Å². The lowest BCUT2D eigenvalue weighted by molar-refractivity contribution is 0.306. The van der Waals surface area contributed by atoms with Gasteiger partial charge in [0.2, 0.25) is 11.7 Å². The van der Waals surface area contributed by atoms with Crippen LogP contribution in [0.1, 0.15) is 19.2 Å². The number of halogens is 1. The average Bonchev–Trinajstić information content (AvgIpc) is 2.98. The summed E-state index contributed by atoms with van der Waals surface area (Å²) in [6, 6.07) is 7.47. The molecule has 1 N–H and O–H groups in total. The van der Waals surface area contributed by atoms with Gasteiger partial charge >= 0.3 is 0 Å². The molecule has 5 heteroatoms. The van der Waals surface area contributed by atoms with Gasteiger partial charge < -0.3 is 9.84 Å². The van der Waals surface area contributed by atoms with Gasteiger partial charge in [0.15, 0.2) is 0 Å². The van der Waals surface area contributed by atoms with Crippen LogP contribution in [0.5, 0.6) is 0 Å². The highest BCUT2D eigenvalue weighted by molar-refractivity contribution is 6.30. The lowest BCUT2D eigenvalue weighted by Gasteiger charge is -2.15. The van der Waals surface area contributed by atoms with Gasteiger partial charge in [0.05, 0.1) is 5.41 Å². The van der Waals surface area contributed by atoms with Gasteiger partial charge in [0.25, 0.3) is 0 Å². The number of benzene rings is 1. The van der Waals surface area contributed by atoms with Gasteiger partial charge in [-0.25, -0.2) is 0 Å². The molecule has 0 bridgehead atoms. The third-order valence-electron chi connectivity index (χ3n) is 3.39. The van der Waals surface area contributed by atoms with E-state index in [0.29, 0.717) is 16.7 Å². The van der Waals surface area contributed by atoms with Crippen molar-refractivity contribution in [1.29, 1.82) is 0 Å². The molecule has 1 aromatic heterocycles. The van der Waals surface area contributed by atoms with Crippen molar-refractivity contribution in [2.24, 2.45) is 0 Å². The van der Waals surface area contributed by atoms with Crippen molar-refractivity contribution in [3.63, 3.8) is 0 Å². The molecule has 2 heterocycles. The van der Waals surface area contributed by atoms with Crippen LogP contribution in [0.2, 0.25) is 5.02 Å². The van der Waals surface area contributed by atoms with Gasteiger partial charge in [-0.2, -0.15) is 4.98 Å². The quantitative estimate of drug-likeness (QED) is 0.905. The minimum Gasteiger partial charge on any atom is -0.338 e. The second-order valence-corrected chi connectivity index (χ2v) is 5.36. The summed E-state index contributed by atoms with van der Waals surface area (Å²) in [6.07, 6.45) is 1.02. The summed E-state index contributed by atoms with van der Waals surface area (Å²) in [6.45, 7) is 4.01. The Morgan fingerprint density at radius 2 is 2.33 bits per heavy atom. The Hall–Kier alpha value is -1.39. The summed E-state index contributed by atoms with van der Waals surface area (Å²) in [4.78, 5) is 4.50. The van der Waals surface area contributed by atoms with E-state index in [0.717, 1.165) is 25.1 Å². The summed E-state index contributed by atoms with van der Waals surface area (Å²) in [7, 11) is 0. The summed E-state index contributed by atoms with van der Waals surface area (Å²) >= 11 is 5.96. The van der Waals surface area contributed by atoms with Gasteiger partial charge in [0.1, 0.15) is 0 Å². The molecule has 1 aliphatic heterocycles. The Morgan fingerprint density at radius 1 is 1.44 bits per heavy atom. The molecule has 1 aliphatic rings. The Kier molecular flexibility index (Phi) is 2.84. The zero-order valence-electron chi connectivity index (χ0n) is 10.1. The molecule has 1 unspecified atom stereocenters. The third kappa shape index (κ3) is 2.02. The molecule has 0 amide bonds. The lowest BCUT2D eigenvalue weighted by Crippen LogP contribution is -2.25. The van der Waals surface area contributed by atoms with E-state index in [4.69, 9.17) is 16.1 Å². The number of hydrogen-bond donors (Lipinski definition) is 1. The van der Waals surface area contributed by atoms with Crippen molar-refractivity contribution in [2.75, 3.05) is 13.1 Å². The molecule has 1 aromatic carbocycles. The molecule has 0 aliphatic carbocycles. The van der Waals surface area contributed by atoms with Crippen LogP contribution in [0.15, 0.2) is 28.8 Å². The van der Waals surface area contributed by atoms with Gasteiger partial charge in [0, 0.05) is 17.1 Å². The van der Waals surface area contributed by atoms with Crippen molar-refractivity contribution < 1.29 is 4.52 Å². The Balaban J connectivity index is 1.94. The Labute approximate surface area is 110 Å². The van der Waals surface area contributed by atoms with Crippen LogP contribution in [-0.2, 0) is 5.41 Å². The molecule has 0 saturated carbocycles. The number of aromatic nitrogens is 2. The zero-order valence-corrected chi connectivity index (χ0v) is 10.9. The molecule has 0 spiro atoms. The van der Waals surface area contributed by atoms with Crippen LogP contribution in [0.3, 0.4) is 0 Å². The normalized spacial score (nSPS) is 23.4. The van der Waals surface area contributed by atoms with E-state index in [1.165, 1.54) is 0 Å². The first-order valence-corrected chi connectivity index (χ1v) is 6.36. The second kappa shape index (κ2) is 4.37. The molecule has 4 nitrogen and oxygen atoms in total. The number of rotatable bonds is 2. The van der Waals surface area contributed by atoms with Gasteiger partial charge in [-0.05, 0) is 32.0 Å². The predicted molar refractivity (Wildman–Crippen MR) is 69.6 cm³/mol. The van der Waals surface area contributed by atoms with E-state index in [2.05, 4.69) is 22.4 Å². The second-order valence-electron chi connectivity index (χ2n) is 4.92. The summed E-state index contributed by atoms with van der Waals surface area (Å²) in [5, 5.41) is 8.04. The first kappa shape index (κ1) is 11.7. The summed E-state index contributed by atoms with van der Waals surface area (Å²) in [5.41, 5.74) is 0.830. The van der Waals surface area contributed by atoms with Gasteiger partial charge in [-0.1, -0.05) is 28.9 Å². The highest BCUT2D eigenvalue weighted by atomic mass is 35.5. The Morgan fingerprint density at radius 3 is 3.06 bits per heavy atom. The van der Waals surface area contributed by atoms with Crippen LogP contribution in [0, 0.1) is 0 Å². The maximum absolute atomic E-state index is 5.96. The predicted octanol–water partition coefficient (Wildman–Crippen LogP) is 2.64. The lowest BCUT2D eigenvalue weighted by atomic mass is 9.90. The number of nitrogens with one attached hydrogen (secondary N) is 1. The first-order chi connectivity index (χ1) is 8.67. The topological polar surface area (TPSA) is 51.0 Å². The molecule has 2 aromatic rings. The highest BCUT2D eigenvalue weighted by Gasteiger charge is 2.36. The zero-order chi connectivity index (χ0) is 12.6. The van der Waals surface area contributed by atoms with Crippen LogP contribution < -0.4 is 5.32 Å². The average molecular weight is 264 g/mol. The number of hydrogen-bond acceptors (Lipinski definition) is 4. The van der Waals surface area contributed by atoms with E-state index >= 15 is 0 Å². The van der Waals surface area contributed by atoms with Gasteiger partial charge in [-0.3, -0.25) is 0 Å². The minimum absolute atomic E-state index is 0.0518. The molecule has 0 radical (unpaired) electrons. The molecular weight excluding hydrogens is 250 g/mol. The van der Waals surface area contributed by atoms with E-state index in [-0.39, 0.29) is 5.41 Å². The van der Waals surface area contributed by atoms with E-state index in [1.54, 1.807) is 0 Å².